The number of anilines is 1. The highest BCUT2D eigenvalue weighted by atomic mass is 79.9. The van der Waals surface area contributed by atoms with Gasteiger partial charge < -0.3 is 9.73 Å². The number of furan rings is 1. The maximum absolute atomic E-state index is 11.7. The van der Waals surface area contributed by atoms with Crippen LogP contribution in [0.5, 0.6) is 0 Å². The highest BCUT2D eigenvalue weighted by Gasteiger charge is 2.17. The number of nitriles is 1. The summed E-state index contributed by atoms with van der Waals surface area (Å²) in [5.74, 6) is 1.06. The number of amides is 1. The zero-order valence-corrected chi connectivity index (χ0v) is 19.8. The maximum atomic E-state index is 11.7. The van der Waals surface area contributed by atoms with E-state index in [0.29, 0.717) is 32.8 Å². The van der Waals surface area contributed by atoms with Crippen LogP contribution in [0, 0.1) is 18.3 Å². The second-order valence-corrected chi connectivity index (χ2v) is 9.04. The van der Waals surface area contributed by atoms with Crippen molar-refractivity contribution in [3.8, 4) is 28.7 Å². The standard InChI is InChI=1S/C25H18BrN3O2S/c1-15-3-5-18(6-4-15)23-25(28-16(2)30)32-24(29-23)19(14-27)13-21-11-12-22(31-21)17-7-9-20(26)10-8-17/h3-13H,1-2H3,(H,28,30). The third-order valence-corrected chi connectivity index (χ3v) is 6.17. The molecule has 0 fully saturated rings. The molecule has 1 N–H and O–H groups in total. The molecule has 4 aromatic rings. The second-order valence-electron chi connectivity index (χ2n) is 7.12. The van der Waals surface area contributed by atoms with Crippen molar-refractivity contribution in [2.24, 2.45) is 0 Å². The minimum atomic E-state index is -0.193. The van der Waals surface area contributed by atoms with Gasteiger partial charge >= 0.3 is 0 Å². The van der Waals surface area contributed by atoms with Crippen LogP contribution in [0.4, 0.5) is 5.00 Å². The van der Waals surface area contributed by atoms with Gasteiger partial charge in [0.1, 0.15) is 33.3 Å². The lowest BCUT2D eigenvalue weighted by Gasteiger charge is -2.03. The van der Waals surface area contributed by atoms with Crippen molar-refractivity contribution < 1.29 is 9.21 Å². The molecule has 0 bridgehead atoms. The SMILES string of the molecule is CC(=O)Nc1sc(C(C#N)=Cc2ccc(-c3ccc(Br)cc3)o2)nc1-c1ccc(C)cc1. The lowest BCUT2D eigenvalue weighted by atomic mass is 10.1. The van der Waals surface area contributed by atoms with Gasteiger partial charge in [-0.3, -0.25) is 4.79 Å². The van der Waals surface area contributed by atoms with Crippen LogP contribution in [0.25, 0.3) is 34.2 Å². The smallest absolute Gasteiger partial charge is 0.221 e. The van der Waals surface area contributed by atoms with Crippen LogP contribution >= 0.6 is 27.3 Å². The van der Waals surface area contributed by atoms with Gasteiger partial charge in [-0.25, -0.2) is 4.98 Å². The molecule has 0 aliphatic heterocycles. The Bertz CT molecular complexity index is 1340. The van der Waals surface area contributed by atoms with E-state index in [1.54, 1.807) is 6.08 Å². The fourth-order valence-electron chi connectivity index (χ4n) is 3.07. The molecule has 2 aromatic heterocycles. The van der Waals surface area contributed by atoms with Gasteiger partial charge in [0.25, 0.3) is 0 Å². The van der Waals surface area contributed by atoms with Crippen molar-refractivity contribution in [1.29, 1.82) is 5.26 Å². The van der Waals surface area contributed by atoms with Gasteiger partial charge in [0.2, 0.25) is 5.91 Å². The normalized spacial score (nSPS) is 11.2. The molecule has 0 saturated carbocycles. The number of halogens is 1. The number of carbonyl (C=O) groups is 1. The van der Waals surface area contributed by atoms with E-state index in [1.807, 2.05) is 67.6 Å². The monoisotopic (exact) mass is 503 g/mol. The summed E-state index contributed by atoms with van der Waals surface area (Å²) in [6.45, 7) is 3.46. The van der Waals surface area contributed by atoms with Gasteiger partial charge in [0, 0.05) is 28.6 Å². The summed E-state index contributed by atoms with van der Waals surface area (Å²) < 4.78 is 6.92. The average Bonchev–Trinajstić information content (AvgIpc) is 3.40. The van der Waals surface area contributed by atoms with E-state index in [0.717, 1.165) is 21.2 Å². The van der Waals surface area contributed by atoms with E-state index < -0.39 is 0 Å². The summed E-state index contributed by atoms with van der Waals surface area (Å²) in [5.41, 5.74) is 3.93. The molecule has 32 heavy (non-hydrogen) atoms. The van der Waals surface area contributed by atoms with Crippen molar-refractivity contribution in [2.75, 3.05) is 5.32 Å². The summed E-state index contributed by atoms with van der Waals surface area (Å²) in [6.07, 6.45) is 1.66. The van der Waals surface area contributed by atoms with Gasteiger partial charge in [0.15, 0.2) is 0 Å². The Kier molecular flexibility index (Phi) is 6.35. The first kappa shape index (κ1) is 21.8. The molecule has 0 aliphatic carbocycles. The molecule has 0 spiro atoms. The third-order valence-electron chi connectivity index (χ3n) is 4.63. The highest BCUT2D eigenvalue weighted by molar-refractivity contribution is 9.10. The number of nitrogens with zero attached hydrogens (tertiary/aromatic N) is 2. The fraction of sp³-hybridized carbons (Fsp3) is 0.0800. The number of benzene rings is 2. The zero-order valence-electron chi connectivity index (χ0n) is 17.3. The van der Waals surface area contributed by atoms with Crippen molar-refractivity contribution in [3.05, 3.63) is 81.5 Å². The minimum absolute atomic E-state index is 0.193. The lowest BCUT2D eigenvalue weighted by molar-refractivity contribution is -0.114. The van der Waals surface area contributed by atoms with Gasteiger partial charge in [-0.2, -0.15) is 5.26 Å². The molecule has 0 radical (unpaired) electrons. The van der Waals surface area contributed by atoms with Gasteiger partial charge in [-0.05, 0) is 31.2 Å². The highest BCUT2D eigenvalue weighted by Crippen LogP contribution is 2.37. The number of nitrogens with one attached hydrogen (secondary N) is 1. The van der Waals surface area contributed by atoms with Crippen LogP contribution in [0.3, 0.4) is 0 Å². The predicted octanol–water partition coefficient (Wildman–Crippen LogP) is 7.16. The van der Waals surface area contributed by atoms with Crippen molar-refractivity contribution in [2.45, 2.75) is 13.8 Å². The fourth-order valence-corrected chi connectivity index (χ4v) is 4.33. The number of rotatable bonds is 5. The number of aromatic nitrogens is 1. The van der Waals surface area contributed by atoms with Crippen molar-refractivity contribution >= 4 is 49.8 Å². The van der Waals surface area contributed by atoms with Crippen LogP contribution in [0.1, 0.15) is 23.3 Å². The first-order valence-electron chi connectivity index (χ1n) is 9.76. The lowest BCUT2D eigenvalue weighted by Crippen LogP contribution is -2.05. The van der Waals surface area contributed by atoms with Crippen LogP contribution < -0.4 is 5.32 Å². The number of carbonyl (C=O) groups excluding carboxylic acids is 1. The van der Waals surface area contributed by atoms with Crippen LogP contribution in [0.15, 0.2) is 69.6 Å². The van der Waals surface area contributed by atoms with Gasteiger partial charge in [0.05, 0.1) is 5.57 Å². The van der Waals surface area contributed by atoms with E-state index in [-0.39, 0.29) is 5.91 Å². The largest absolute Gasteiger partial charge is 0.457 e. The second kappa shape index (κ2) is 9.35. The Morgan fingerprint density at radius 2 is 1.78 bits per heavy atom. The molecule has 2 aromatic carbocycles. The van der Waals surface area contributed by atoms with Crippen molar-refractivity contribution in [1.82, 2.24) is 4.98 Å². The Labute approximate surface area is 198 Å². The first-order valence-corrected chi connectivity index (χ1v) is 11.4. The molecule has 1 amide bonds. The molecule has 2 heterocycles. The topological polar surface area (TPSA) is 78.9 Å². The average molecular weight is 504 g/mol. The number of thiazole rings is 1. The maximum Gasteiger partial charge on any atom is 0.221 e. The zero-order chi connectivity index (χ0) is 22.7. The molecular weight excluding hydrogens is 486 g/mol. The van der Waals surface area contributed by atoms with Crippen LogP contribution in [-0.4, -0.2) is 10.9 Å². The molecule has 0 aliphatic rings. The summed E-state index contributed by atoms with van der Waals surface area (Å²) in [6, 6.07) is 21.6. The van der Waals surface area contributed by atoms with Crippen molar-refractivity contribution in [3.63, 3.8) is 0 Å². The quantitative estimate of drug-likeness (QED) is 0.293. The molecule has 0 saturated heterocycles. The Balaban J connectivity index is 1.70. The Morgan fingerprint density at radius 3 is 2.44 bits per heavy atom. The molecule has 0 unspecified atom stereocenters. The molecule has 0 atom stereocenters. The van der Waals surface area contributed by atoms with E-state index in [1.165, 1.54) is 18.3 Å². The Morgan fingerprint density at radius 1 is 1.09 bits per heavy atom. The van der Waals surface area contributed by atoms with E-state index in [4.69, 9.17) is 4.42 Å². The summed E-state index contributed by atoms with van der Waals surface area (Å²) >= 11 is 4.69. The van der Waals surface area contributed by atoms with E-state index in [2.05, 4.69) is 32.3 Å². The molecule has 7 heteroatoms. The van der Waals surface area contributed by atoms with E-state index >= 15 is 0 Å². The third kappa shape index (κ3) is 4.88. The van der Waals surface area contributed by atoms with Gasteiger partial charge in [-0.1, -0.05) is 69.2 Å². The van der Waals surface area contributed by atoms with Crippen LogP contribution in [0.2, 0.25) is 0 Å². The first-order chi connectivity index (χ1) is 15.4. The molecule has 4 rings (SSSR count). The Hall–Kier alpha value is -3.47. The number of hydrogen-bond donors (Lipinski definition) is 1. The van der Waals surface area contributed by atoms with E-state index in [9.17, 15) is 10.1 Å². The van der Waals surface area contributed by atoms with Gasteiger partial charge in [-0.15, -0.1) is 0 Å². The number of allylic oxidation sites excluding steroid dienone is 1. The summed E-state index contributed by atoms with van der Waals surface area (Å²) in [4.78, 5) is 16.4. The molecule has 5 nitrogen and oxygen atoms in total. The van der Waals surface area contributed by atoms with Crippen LogP contribution in [-0.2, 0) is 4.79 Å². The molecular formula is C25H18BrN3O2S. The number of aryl methyl sites for hydroxylation is 1. The summed E-state index contributed by atoms with van der Waals surface area (Å²) in [7, 11) is 0. The number of hydrogen-bond acceptors (Lipinski definition) is 5. The summed E-state index contributed by atoms with van der Waals surface area (Å²) in [5, 5.41) is 13.7. The minimum Gasteiger partial charge on any atom is -0.457 e. The molecule has 158 valence electrons. The predicted molar refractivity (Wildman–Crippen MR) is 132 cm³/mol.